The van der Waals surface area contributed by atoms with E-state index in [1.54, 1.807) is 7.05 Å². The molecule has 2 heterocycles. The maximum atomic E-state index is 12.7. The highest BCUT2D eigenvalue weighted by molar-refractivity contribution is 14.0. The number of aromatic nitrogens is 2. The van der Waals surface area contributed by atoms with Crippen LogP contribution >= 0.6 is 24.0 Å². The Labute approximate surface area is 203 Å². The fourth-order valence-corrected chi connectivity index (χ4v) is 3.32. The first-order valence-electron chi connectivity index (χ1n) is 10.3. The minimum absolute atomic E-state index is 0. The predicted octanol–water partition coefficient (Wildman–Crippen LogP) is 3.49. The lowest BCUT2D eigenvalue weighted by Gasteiger charge is -2.15. The molecule has 32 heavy (non-hydrogen) atoms. The highest BCUT2D eigenvalue weighted by Crippen LogP contribution is 2.27. The Balaban J connectivity index is 0.00000363. The van der Waals surface area contributed by atoms with E-state index in [0.717, 1.165) is 24.4 Å². The summed E-state index contributed by atoms with van der Waals surface area (Å²) >= 11 is 0. The van der Waals surface area contributed by atoms with Crippen molar-refractivity contribution in [2.75, 3.05) is 38.5 Å². The van der Waals surface area contributed by atoms with E-state index in [-0.39, 0.29) is 29.9 Å². The van der Waals surface area contributed by atoms with E-state index in [0.29, 0.717) is 25.6 Å². The highest BCUT2D eigenvalue weighted by atomic mass is 127. The number of hydrogen-bond donors (Lipinski definition) is 3. The van der Waals surface area contributed by atoms with Gasteiger partial charge < -0.3 is 16.0 Å². The molecule has 3 N–H and O–H groups in total. The third kappa shape index (κ3) is 8.41. The van der Waals surface area contributed by atoms with Gasteiger partial charge in [-0.1, -0.05) is 24.3 Å². The number of nitrogens with one attached hydrogen (secondary N) is 3. The number of aliphatic imine (C=N–C) groups is 1. The first kappa shape index (κ1) is 26.1. The molecule has 0 radical (unpaired) electrons. The number of rotatable bonds is 8. The van der Waals surface area contributed by atoms with E-state index in [9.17, 15) is 13.2 Å². The highest BCUT2D eigenvalue weighted by Gasteiger charge is 2.32. The van der Waals surface area contributed by atoms with Gasteiger partial charge in [0.15, 0.2) is 5.96 Å². The zero-order valence-corrected chi connectivity index (χ0v) is 20.3. The Kier molecular flexibility index (Phi) is 10.4. The van der Waals surface area contributed by atoms with Gasteiger partial charge in [-0.25, -0.2) is 9.97 Å². The molecule has 0 atom stereocenters. The summed E-state index contributed by atoms with van der Waals surface area (Å²) in [7, 11) is 1.66. The number of anilines is 1. The lowest BCUT2D eigenvalue weighted by atomic mass is 10.1. The molecular weight excluding hydrogens is 534 g/mol. The number of nitrogens with zero attached hydrogens (tertiary/aromatic N) is 4. The molecule has 0 aliphatic carbocycles. The van der Waals surface area contributed by atoms with E-state index >= 15 is 0 Å². The van der Waals surface area contributed by atoms with Gasteiger partial charge in [0.05, 0.1) is 0 Å². The molecule has 176 valence electrons. The van der Waals surface area contributed by atoms with Gasteiger partial charge in [-0.15, -0.1) is 24.0 Å². The average Bonchev–Trinajstić information content (AvgIpc) is 3.27. The lowest BCUT2D eigenvalue weighted by Crippen LogP contribution is -2.39. The van der Waals surface area contributed by atoms with Crippen LogP contribution in [0.4, 0.5) is 19.1 Å². The second kappa shape index (κ2) is 12.8. The topological polar surface area (TPSA) is 77.5 Å². The molecule has 0 spiro atoms. The first-order chi connectivity index (χ1) is 14.9. The second-order valence-electron chi connectivity index (χ2n) is 7.34. The van der Waals surface area contributed by atoms with Crippen LogP contribution in [0.3, 0.4) is 0 Å². The Morgan fingerprint density at radius 1 is 1.03 bits per heavy atom. The number of alkyl halides is 3. The number of benzene rings is 1. The third-order valence-corrected chi connectivity index (χ3v) is 4.96. The van der Waals surface area contributed by atoms with Crippen LogP contribution in [-0.4, -0.2) is 54.1 Å². The van der Waals surface area contributed by atoms with Crippen LogP contribution in [0.15, 0.2) is 41.5 Å². The van der Waals surface area contributed by atoms with Gasteiger partial charge in [-0.3, -0.25) is 9.89 Å². The van der Waals surface area contributed by atoms with Crippen molar-refractivity contribution in [1.29, 1.82) is 0 Å². The van der Waals surface area contributed by atoms with Crippen molar-refractivity contribution in [2.45, 2.75) is 32.1 Å². The molecule has 11 heteroatoms. The van der Waals surface area contributed by atoms with E-state index in [4.69, 9.17) is 0 Å². The third-order valence-electron chi connectivity index (χ3n) is 4.96. The average molecular weight is 563 g/mol. The van der Waals surface area contributed by atoms with Gasteiger partial charge in [0.25, 0.3) is 0 Å². The van der Waals surface area contributed by atoms with Gasteiger partial charge >= 0.3 is 6.18 Å². The molecule has 0 amide bonds. The van der Waals surface area contributed by atoms with Crippen molar-refractivity contribution in [2.24, 2.45) is 4.99 Å². The summed E-state index contributed by atoms with van der Waals surface area (Å²) in [5.41, 5.74) is 1.49. The quantitative estimate of drug-likeness (QED) is 0.198. The molecule has 0 unspecified atom stereocenters. The SMILES string of the molecule is CN=C(NCCNc1nccc(C(F)(F)F)n1)NCc1ccc(CN2CCCC2)cc1.I. The molecule has 1 aliphatic rings. The summed E-state index contributed by atoms with van der Waals surface area (Å²) in [6.07, 6.45) is -0.828. The maximum Gasteiger partial charge on any atom is 0.433 e. The predicted molar refractivity (Wildman–Crippen MR) is 130 cm³/mol. The molecule has 1 aromatic heterocycles. The summed E-state index contributed by atoms with van der Waals surface area (Å²) in [5.74, 6) is 0.543. The number of guanidine groups is 1. The van der Waals surface area contributed by atoms with Gasteiger partial charge in [-0.2, -0.15) is 13.2 Å². The summed E-state index contributed by atoms with van der Waals surface area (Å²) in [6.45, 7) is 4.76. The Hall–Kier alpha value is -2.15. The fraction of sp³-hybridized carbons (Fsp3) is 0.476. The van der Waals surface area contributed by atoms with Crippen molar-refractivity contribution >= 4 is 35.9 Å². The zero-order chi connectivity index (χ0) is 22.1. The number of halogens is 4. The molecule has 1 aromatic carbocycles. The van der Waals surface area contributed by atoms with E-state index in [2.05, 4.69) is 60.1 Å². The largest absolute Gasteiger partial charge is 0.433 e. The smallest absolute Gasteiger partial charge is 0.355 e. The number of hydrogen-bond acceptors (Lipinski definition) is 5. The van der Waals surface area contributed by atoms with E-state index < -0.39 is 11.9 Å². The Bertz CT molecular complexity index is 853. The van der Waals surface area contributed by atoms with Gasteiger partial charge in [0.2, 0.25) is 5.95 Å². The van der Waals surface area contributed by atoms with Gasteiger partial charge in [0.1, 0.15) is 5.69 Å². The molecular formula is C21H29F3IN7. The molecule has 1 aliphatic heterocycles. The zero-order valence-electron chi connectivity index (χ0n) is 18.0. The monoisotopic (exact) mass is 563 g/mol. The molecule has 1 fully saturated rings. The van der Waals surface area contributed by atoms with Crippen molar-refractivity contribution in [3.05, 3.63) is 53.3 Å². The minimum Gasteiger partial charge on any atom is -0.355 e. The molecule has 3 rings (SSSR count). The van der Waals surface area contributed by atoms with Crippen LogP contribution < -0.4 is 16.0 Å². The van der Waals surface area contributed by atoms with Gasteiger partial charge in [0, 0.05) is 39.4 Å². The van der Waals surface area contributed by atoms with E-state index in [1.807, 2.05) is 0 Å². The normalized spacial score (nSPS) is 14.7. The molecule has 7 nitrogen and oxygen atoms in total. The molecule has 1 saturated heterocycles. The van der Waals surface area contributed by atoms with Crippen molar-refractivity contribution in [1.82, 2.24) is 25.5 Å². The molecule has 0 bridgehead atoms. The van der Waals surface area contributed by atoms with Crippen LogP contribution in [-0.2, 0) is 19.3 Å². The fourth-order valence-electron chi connectivity index (χ4n) is 3.32. The first-order valence-corrected chi connectivity index (χ1v) is 10.3. The van der Waals surface area contributed by atoms with Crippen LogP contribution in [0.25, 0.3) is 0 Å². The Morgan fingerprint density at radius 3 is 2.38 bits per heavy atom. The van der Waals surface area contributed by atoms with Gasteiger partial charge in [-0.05, 0) is 43.1 Å². The van der Waals surface area contributed by atoms with Crippen LogP contribution in [0.1, 0.15) is 29.7 Å². The Morgan fingerprint density at radius 2 is 1.72 bits per heavy atom. The lowest BCUT2D eigenvalue weighted by molar-refractivity contribution is -0.141. The standard InChI is InChI=1S/C21H28F3N7.HI/c1-25-19(27-10-11-28-20-26-9-8-18(30-20)21(22,23)24)29-14-16-4-6-17(7-5-16)15-31-12-2-3-13-31;/h4-9H,2-3,10-15H2,1H3,(H2,25,27,29)(H,26,28,30);1H. The molecule has 0 saturated carbocycles. The number of likely N-dealkylation sites (tertiary alicyclic amines) is 1. The van der Waals surface area contributed by atoms with Crippen LogP contribution in [0, 0.1) is 0 Å². The maximum absolute atomic E-state index is 12.7. The van der Waals surface area contributed by atoms with Crippen LogP contribution in [0.2, 0.25) is 0 Å². The summed E-state index contributed by atoms with van der Waals surface area (Å²) in [4.78, 5) is 13.9. The second-order valence-corrected chi connectivity index (χ2v) is 7.34. The van der Waals surface area contributed by atoms with E-state index in [1.165, 1.54) is 31.5 Å². The van der Waals surface area contributed by atoms with Crippen molar-refractivity contribution in [3.8, 4) is 0 Å². The van der Waals surface area contributed by atoms with Crippen molar-refractivity contribution < 1.29 is 13.2 Å². The van der Waals surface area contributed by atoms with Crippen LogP contribution in [0.5, 0.6) is 0 Å². The molecule has 2 aromatic rings. The summed E-state index contributed by atoms with van der Waals surface area (Å²) < 4.78 is 38.1. The summed E-state index contributed by atoms with van der Waals surface area (Å²) in [5, 5.41) is 9.11. The summed E-state index contributed by atoms with van der Waals surface area (Å²) in [6, 6.07) is 9.37. The van der Waals surface area contributed by atoms with Crippen molar-refractivity contribution in [3.63, 3.8) is 0 Å². The minimum atomic E-state index is -4.49.